The Morgan fingerprint density at radius 1 is 1.35 bits per heavy atom. The van der Waals surface area contributed by atoms with Crippen molar-refractivity contribution in [3.8, 4) is 0 Å². The predicted molar refractivity (Wildman–Crippen MR) is 51.1 cm³/mol. The zero-order valence-corrected chi connectivity index (χ0v) is 8.41. The summed E-state index contributed by atoms with van der Waals surface area (Å²) in [6.45, 7) is 0.0679. The topological polar surface area (TPSA) is 118 Å². The van der Waals surface area contributed by atoms with Crippen molar-refractivity contribution in [1.82, 2.24) is 15.5 Å². The number of aromatic nitrogens is 2. The number of rotatable bonds is 4. The molecule has 88 valence electrons. The van der Waals surface area contributed by atoms with Crippen molar-refractivity contribution in [1.29, 1.82) is 0 Å². The van der Waals surface area contributed by atoms with Crippen molar-refractivity contribution in [2.45, 2.75) is 6.54 Å². The summed E-state index contributed by atoms with van der Waals surface area (Å²) >= 11 is 0. The fourth-order valence-electron chi connectivity index (χ4n) is 1.09. The van der Waals surface area contributed by atoms with E-state index in [1.807, 2.05) is 0 Å². The van der Waals surface area contributed by atoms with Crippen molar-refractivity contribution in [3.63, 3.8) is 0 Å². The summed E-state index contributed by atoms with van der Waals surface area (Å²) in [6.07, 6.45) is 1.14. The number of carbonyl (C=O) groups excluding carboxylic acids is 1. The molecule has 8 nitrogen and oxygen atoms in total. The molecule has 0 unspecified atom stereocenters. The highest BCUT2D eigenvalue weighted by molar-refractivity contribution is 5.93. The van der Waals surface area contributed by atoms with E-state index in [4.69, 9.17) is 9.52 Å². The number of hydrogen-bond acceptors (Lipinski definition) is 6. The van der Waals surface area contributed by atoms with Gasteiger partial charge in [-0.1, -0.05) is 5.16 Å². The summed E-state index contributed by atoms with van der Waals surface area (Å²) in [4.78, 5) is 25.7. The van der Waals surface area contributed by atoms with E-state index >= 15 is 0 Å². The first-order valence-electron chi connectivity index (χ1n) is 4.53. The number of amides is 1. The second-order valence-corrected chi connectivity index (χ2v) is 3.00. The van der Waals surface area contributed by atoms with Crippen molar-refractivity contribution < 1.29 is 23.6 Å². The van der Waals surface area contributed by atoms with E-state index in [2.05, 4.69) is 20.0 Å². The average Bonchev–Trinajstić information content (AvgIpc) is 2.96. The Morgan fingerprint density at radius 3 is 2.71 bits per heavy atom. The highest BCUT2D eigenvalue weighted by Gasteiger charge is 2.14. The number of aromatic carboxylic acids is 1. The fraction of sp³-hybridized carbons (Fsp3) is 0.111. The van der Waals surface area contributed by atoms with Gasteiger partial charge >= 0.3 is 5.97 Å². The second-order valence-electron chi connectivity index (χ2n) is 3.00. The monoisotopic (exact) mass is 237 g/mol. The maximum absolute atomic E-state index is 11.5. The molecule has 0 bridgehead atoms. The molecule has 8 heteroatoms. The van der Waals surface area contributed by atoms with E-state index in [-0.39, 0.29) is 18.1 Å². The van der Waals surface area contributed by atoms with Crippen LogP contribution in [-0.2, 0) is 6.54 Å². The van der Waals surface area contributed by atoms with Crippen LogP contribution in [0.2, 0.25) is 0 Å². The molecule has 1 amide bonds. The molecule has 0 radical (unpaired) electrons. The lowest BCUT2D eigenvalue weighted by Gasteiger charge is -1.98. The lowest BCUT2D eigenvalue weighted by atomic mass is 10.4. The van der Waals surface area contributed by atoms with Gasteiger partial charge in [0.25, 0.3) is 5.91 Å². The van der Waals surface area contributed by atoms with Gasteiger partial charge in [0.1, 0.15) is 0 Å². The number of nitrogens with one attached hydrogen (secondary N) is 1. The second kappa shape index (κ2) is 4.47. The van der Waals surface area contributed by atoms with E-state index in [0.29, 0.717) is 5.82 Å². The molecular weight excluding hydrogens is 230 g/mol. The number of nitrogens with zero attached hydrogens (tertiary/aromatic N) is 2. The Hall–Kier alpha value is -2.64. The molecule has 0 saturated heterocycles. The van der Waals surface area contributed by atoms with Gasteiger partial charge in [0.15, 0.2) is 11.6 Å². The smallest absolute Gasteiger partial charge is 0.371 e. The van der Waals surface area contributed by atoms with Gasteiger partial charge in [0, 0.05) is 0 Å². The van der Waals surface area contributed by atoms with Crippen LogP contribution in [0.4, 0.5) is 0 Å². The Balaban J connectivity index is 1.97. The third-order valence-corrected chi connectivity index (χ3v) is 1.85. The third kappa shape index (κ3) is 2.48. The van der Waals surface area contributed by atoms with E-state index in [0.717, 1.165) is 6.39 Å². The van der Waals surface area contributed by atoms with Gasteiger partial charge in [-0.2, -0.15) is 4.98 Å². The minimum atomic E-state index is -1.23. The molecule has 0 atom stereocenters. The van der Waals surface area contributed by atoms with E-state index in [1.54, 1.807) is 0 Å². The lowest BCUT2D eigenvalue weighted by Crippen LogP contribution is -2.22. The van der Waals surface area contributed by atoms with Gasteiger partial charge in [-0.15, -0.1) is 0 Å². The normalized spacial score (nSPS) is 10.1. The Kier molecular flexibility index (Phi) is 2.86. The SMILES string of the molecule is O=C(O)c1ccc(C(=O)NCc2ncon2)o1. The van der Waals surface area contributed by atoms with Crippen LogP contribution >= 0.6 is 0 Å². The summed E-state index contributed by atoms with van der Waals surface area (Å²) in [5.74, 6) is -1.87. The Labute approximate surface area is 94.2 Å². The van der Waals surface area contributed by atoms with E-state index < -0.39 is 11.9 Å². The van der Waals surface area contributed by atoms with Crippen molar-refractivity contribution in [3.05, 3.63) is 35.9 Å². The zero-order chi connectivity index (χ0) is 12.3. The van der Waals surface area contributed by atoms with E-state index in [1.165, 1.54) is 12.1 Å². The quantitative estimate of drug-likeness (QED) is 0.784. The van der Waals surface area contributed by atoms with Crippen molar-refractivity contribution in [2.24, 2.45) is 0 Å². The standard InChI is InChI=1S/C9H7N3O5/c13-8(10-3-7-11-4-16-12-7)5-1-2-6(17-5)9(14)15/h1-2,4H,3H2,(H,10,13)(H,14,15). The minimum absolute atomic E-state index is 0.0679. The molecule has 2 heterocycles. The van der Waals surface area contributed by atoms with Gasteiger partial charge in [-0.05, 0) is 12.1 Å². The summed E-state index contributed by atoms with van der Waals surface area (Å²) in [5, 5.41) is 14.5. The summed E-state index contributed by atoms with van der Waals surface area (Å²) < 4.78 is 9.28. The summed E-state index contributed by atoms with van der Waals surface area (Å²) in [7, 11) is 0. The highest BCUT2D eigenvalue weighted by Crippen LogP contribution is 2.07. The van der Waals surface area contributed by atoms with Crippen LogP contribution < -0.4 is 5.32 Å². The maximum atomic E-state index is 11.5. The number of carboxylic acid groups (broad SMARTS) is 1. The third-order valence-electron chi connectivity index (χ3n) is 1.85. The maximum Gasteiger partial charge on any atom is 0.371 e. The fourth-order valence-corrected chi connectivity index (χ4v) is 1.09. The molecule has 2 aromatic heterocycles. The summed E-state index contributed by atoms with van der Waals surface area (Å²) in [5.41, 5.74) is 0. The first kappa shape index (κ1) is 10.9. The lowest BCUT2D eigenvalue weighted by molar-refractivity contribution is 0.0659. The Bertz CT molecular complexity index is 531. The van der Waals surface area contributed by atoms with Gasteiger partial charge in [0.05, 0.1) is 6.54 Å². The molecule has 0 aliphatic carbocycles. The molecule has 2 aromatic rings. The molecule has 0 aliphatic heterocycles. The minimum Gasteiger partial charge on any atom is -0.475 e. The number of carboxylic acids is 1. The first-order chi connectivity index (χ1) is 8.16. The van der Waals surface area contributed by atoms with Gasteiger partial charge in [0.2, 0.25) is 12.2 Å². The molecule has 0 aliphatic rings. The highest BCUT2D eigenvalue weighted by atomic mass is 16.5. The average molecular weight is 237 g/mol. The van der Waals surface area contributed by atoms with Crippen LogP contribution in [0, 0.1) is 0 Å². The van der Waals surface area contributed by atoms with Crippen LogP contribution in [0.5, 0.6) is 0 Å². The van der Waals surface area contributed by atoms with Crippen LogP contribution in [0.15, 0.2) is 27.5 Å². The van der Waals surface area contributed by atoms with Crippen LogP contribution in [0.3, 0.4) is 0 Å². The predicted octanol–water partition coefficient (Wildman–Crippen LogP) is 0.291. The molecule has 17 heavy (non-hydrogen) atoms. The van der Waals surface area contributed by atoms with Gasteiger partial charge < -0.3 is 19.4 Å². The summed E-state index contributed by atoms with van der Waals surface area (Å²) in [6, 6.07) is 2.47. The van der Waals surface area contributed by atoms with Crippen molar-refractivity contribution in [2.75, 3.05) is 0 Å². The number of carbonyl (C=O) groups is 2. The van der Waals surface area contributed by atoms with Gasteiger partial charge in [-0.3, -0.25) is 4.79 Å². The Morgan fingerprint density at radius 2 is 2.12 bits per heavy atom. The molecular formula is C9H7N3O5. The molecule has 0 saturated carbocycles. The van der Waals surface area contributed by atoms with Crippen LogP contribution in [0.25, 0.3) is 0 Å². The molecule has 0 spiro atoms. The van der Waals surface area contributed by atoms with Crippen molar-refractivity contribution >= 4 is 11.9 Å². The zero-order valence-electron chi connectivity index (χ0n) is 8.41. The van der Waals surface area contributed by atoms with Gasteiger partial charge in [-0.25, -0.2) is 4.79 Å². The van der Waals surface area contributed by atoms with Crippen LogP contribution in [0.1, 0.15) is 26.9 Å². The van der Waals surface area contributed by atoms with Crippen LogP contribution in [-0.4, -0.2) is 27.1 Å². The molecule has 0 fully saturated rings. The number of furan rings is 1. The molecule has 0 aromatic carbocycles. The first-order valence-corrected chi connectivity index (χ1v) is 4.53. The molecule has 2 rings (SSSR count). The molecule has 2 N–H and O–H groups in total. The number of hydrogen-bond donors (Lipinski definition) is 2. The largest absolute Gasteiger partial charge is 0.475 e. The van der Waals surface area contributed by atoms with E-state index in [9.17, 15) is 9.59 Å².